The Kier molecular flexibility index (Phi) is 4.55. The SMILES string of the molecule is CCOCCn1nnc(CNC)c1C. The fourth-order valence-corrected chi connectivity index (χ4v) is 1.23. The summed E-state index contributed by atoms with van der Waals surface area (Å²) < 4.78 is 7.13. The lowest BCUT2D eigenvalue weighted by molar-refractivity contribution is 0.135. The van der Waals surface area contributed by atoms with Crippen LogP contribution in [0, 0.1) is 6.92 Å². The molecule has 80 valence electrons. The Morgan fingerprint density at radius 1 is 1.50 bits per heavy atom. The molecule has 0 saturated carbocycles. The second-order valence-corrected chi connectivity index (χ2v) is 3.07. The minimum atomic E-state index is 0.694. The van der Waals surface area contributed by atoms with Crippen molar-refractivity contribution in [1.82, 2.24) is 20.3 Å². The van der Waals surface area contributed by atoms with Crippen molar-refractivity contribution in [2.24, 2.45) is 0 Å². The van der Waals surface area contributed by atoms with Gasteiger partial charge in [-0.05, 0) is 20.9 Å². The third kappa shape index (κ3) is 2.78. The zero-order valence-corrected chi connectivity index (χ0v) is 9.08. The second-order valence-electron chi connectivity index (χ2n) is 3.07. The number of nitrogens with one attached hydrogen (secondary N) is 1. The summed E-state index contributed by atoms with van der Waals surface area (Å²) in [7, 11) is 1.90. The molecule has 1 heterocycles. The molecule has 0 amide bonds. The van der Waals surface area contributed by atoms with E-state index in [1.54, 1.807) is 0 Å². The molecule has 0 aliphatic heterocycles. The van der Waals surface area contributed by atoms with E-state index in [9.17, 15) is 0 Å². The molecule has 0 saturated heterocycles. The fourth-order valence-electron chi connectivity index (χ4n) is 1.23. The van der Waals surface area contributed by atoms with E-state index in [-0.39, 0.29) is 0 Å². The van der Waals surface area contributed by atoms with Crippen LogP contribution in [0.3, 0.4) is 0 Å². The number of rotatable bonds is 6. The normalized spacial score (nSPS) is 10.8. The standard InChI is InChI=1S/C9H18N4O/c1-4-14-6-5-13-8(2)9(7-10-3)11-12-13/h10H,4-7H2,1-3H3. The molecule has 0 aliphatic carbocycles. The van der Waals surface area contributed by atoms with Gasteiger partial charge in [-0.25, -0.2) is 4.68 Å². The van der Waals surface area contributed by atoms with Gasteiger partial charge < -0.3 is 10.1 Å². The number of aromatic nitrogens is 3. The average Bonchev–Trinajstić information content (AvgIpc) is 2.51. The van der Waals surface area contributed by atoms with Crippen LogP contribution in [-0.2, 0) is 17.8 Å². The second kappa shape index (κ2) is 5.72. The largest absolute Gasteiger partial charge is 0.380 e. The Morgan fingerprint density at radius 3 is 2.93 bits per heavy atom. The first-order valence-corrected chi connectivity index (χ1v) is 4.91. The molecular weight excluding hydrogens is 180 g/mol. The molecule has 0 aliphatic rings. The van der Waals surface area contributed by atoms with Crippen molar-refractivity contribution in [2.75, 3.05) is 20.3 Å². The Bertz CT molecular complexity index is 272. The molecule has 0 radical (unpaired) electrons. The van der Waals surface area contributed by atoms with Crippen LogP contribution < -0.4 is 5.32 Å². The van der Waals surface area contributed by atoms with Crippen LogP contribution in [0.5, 0.6) is 0 Å². The Morgan fingerprint density at radius 2 is 2.29 bits per heavy atom. The van der Waals surface area contributed by atoms with Crippen LogP contribution in [0.1, 0.15) is 18.3 Å². The highest BCUT2D eigenvalue weighted by atomic mass is 16.5. The number of hydrogen-bond acceptors (Lipinski definition) is 4. The maximum atomic E-state index is 5.26. The summed E-state index contributed by atoms with van der Waals surface area (Å²) in [6.07, 6.45) is 0. The topological polar surface area (TPSA) is 52.0 Å². The lowest BCUT2D eigenvalue weighted by Gasteiger charge is -2.03. The fraction of sp³-hybridized carbons (Fsp3) is 0.778. The molecule has 5 heteroatoms. The van der Waals surface area contributed by atoms with Crippen LogP contribution in [0.15, 0.2) is 0 Å². The van der Waals surface area contributed by atoms with Crippen molar-refractivity contribution in [3.05, 3.63) is 11.4 Å². The zero-order chi connectivity index (χ0) is 10.4. The van der Waals surface area contributed by atoms with Crippen LogP contribution >= 0.6 is 0 Å². The molecular formula is C9H18N4O. The van der Waals surface area contributed by atoms with E-state index < -0.39 is 0 Å². The molecule has 0 fully saturated rings. The molecule has 5 nitrogen and oxygen atoms in total. The summed E-state index contributed by atoms with van der Waals surface area (Å²) in [5.41, 5.74) is 2.11. The van der Waals surface area contributed by atoms with Gasteiger partial charge in [0.15, 0.2) is 0 Å². The molecule has 1 N–H and O–H groups in total. The molecule has 0 aromatic carbocycles. The van der Waals surface area contributed by atoms with E-state index in [1.807, 2.05) is 25.6 Å². The number of ether oxygens (including phenoxy) is 1. The van der Waals surface area contributed by atoms with E-state index in [0.717, 1.165) is 31.1 Å². The highest BCUT2D eigenvalue weighted by Crippen LogP contribution is 2.02. The summed E-state index contributed by atoms with van der Waals surface area (Å²) in [6, 6.07) is 0. The van der Waals surface area contributed by atoms with Crippen LogP contribution in [0.25, 0.3) is 0 Å². The van der Waals surface area contributed by atoms with Gasteiger partial charge in [0.05, 0.1) is 24.5 Å². The van der Waals surface area contributed by atoms with E-state index in [1.165, 1.54) is 0 Å². The summed E-state index contributed by atoms with van der Waals surface area (Å²) in [6.45, 7) is 6.99. The lowest BCUT2D eigenvalue weighted by Crippen LogP contribution is -2.10. The van der Waals surface area contributed by atoms with Gasteiger partial charge in [0.25, 0.3) is 0 Å². The van der Waals surface area contributed by atoms with Gasteiger partial charge >= 0.3 is 0 Å². The number of nitrogens with zero attached hydrogens (tertiary/aromatic N) is 3. The third-order valence-corrected chi connectivity index (χ3v) is 2.07. The van der Waals surface area contributed by atoms with Crippen LogP contribution in [-0.4, -0.2) is 35.3 Å². The first kappa shape index (κ1) is 11.1. The van der Waals surface area contributed by atoms with E-state index in [2.05, 4.69) is 15.6 Å². The van der Waals surface area contributed by atoms with E-state index in [0.29, 0.717) is 6.61 Å². The summed E-state index contributed by atoms with van der Waals surface area (Å²) in [5, 5.41) is 11.2. The van der Waals surface area contributed by atoms with Crippen molar-refractivity contribution in [1.29, 1.82) is 0 Å². The van der Waals surface area contributed by atoms with Crippen molar-refractivity contribution in [3.63, 3.8) is 0 Å². The first-order chi connectivity index (χ1) is 6.79. The monoisotopic (exact) mass is 198 g/mol. The minimum absolute atomic E-state index is 0.694. The van der Waals surface area contributed by atoms with Crippen molar-refractivity contribution < 1.29 is 4.74 Å². The molecule has 14 heavy (non-hydrogen) atoms. The van der Waals surface area contributed by atoms with Crippen molar-refractivity contribution in [2.45, 2.75) is 26.9 Å². The Labute approximate surface area is 84.4 Å². The molecule has 0 unspecified atom stereocenters. The highest BCUT2D eigenvalue weighted by molar-refractivity contribution is 5.07. The smallest absolute Gasteiger partial charge is 0.0993 e. The molecule has 0 spiro atoms. The first-order valence-electron chi connectivity index (χ1n) is 4.91. The van der Waals surface area contributed by atoms with Crippen LogP contribution in [0.2, 0.25) is 0 Å². The summed E-state index contributed by atoms with van der Waals surface area (Å²) >= 11 is 0. The summed E-state index contributed by atoms with van der Waals surface area (Å²) in [5.74, 6) is 0. The molecule has 1 aromatic rings. The van der Waals surface area contributed by atoms with Gasteiger partial charge in [-0.15, -0.1) is 5.10 Å². The Balaban J connectivity index is 2.51. The van der Waals surface area contributed by atoms with Crippen LogP contribution in [0.4, 0.5) is 0 Å². The van der Waals surface area contributed by atoms with Crippen molar-refractivity contribution >= 4 is 0 Å². The quantitative estimate of drug-likeness (QED) is 0.670. The van der Waals surface area contributed by atoms with Gasteiger partial charge in [0.2, 0.25) is 0 Å². The maximum absolute atomic E-state index is 5.26. The summed E-state index contributed by atoms with van der Waals surface area (Å²) in [4.78, 5) is 0. The predicted octanol–water partition coefficient (Wildman–Crippen LogP) is 0.342. The molecule has 0 atom stereocenters. The van der Waals surface area contributed by atoms with Gasteiger partial charge in [-0.3, -0.25) is 0 Å². The highest BCUT2D eigenvalue weighted by Gasteiger charge is 2.06. The maximum Gasteiger partial charge on any atom is 0.0993 e. The molecule has 0 bridgehead atoms. The minimum Gasteiger partial charge on any atom is -0.380 e. The van der Waals surface area contributed by atoms with Gasteiger partial charge in [-0.1, -0.05) is 5.21 Å². The Hall–Kier alpha value is -0.940. The van der Waals surface area contributed by atoms with E-state index in [4.69, 9.17) is 4.74 Å². The van der Waals surface area contributed by atoms with E-state index >= 15 is 0 Å². The van der Waals surface area contributed by atoms with Gasteiger partial charge in [0.1, 0.15) is 0 Å². The number of hydrogen-bond donors (Lipinski definition) is 1. The average molecular weight is 198 g/mol. The third-order valence-electron chi connectivity index (χ3n) is 2.07. The van der Waals surface area contributed by atoms with Crippen molar-refractivity contribution in [3.8, 4) is 0 Å². The zero-order valence-electron chi connectivity index (χ0n) is 9.08. The molecule has 1 aromatic heterocycles. The predicted molar refractivity (Wildman–Crippen MR) is 54.0 cm³/mol. The van der Waals surface area contributed by atoms with Gasteiger partial charge in [-0.2, -0.15) is 0 Å². The van der Waals surface area contributed by atoms with Gasteiger partial charge in [0, 0.05) is 13.2 Å². The molecule has 1 rings (SSSR count). The lowest BCUT2D eigenvalue weighted by atomic mass is 10.3.